The molecule has 0 bridgehead atoms. The van der Waals surface area contributed by atoms with Crippen LogP contribution >= 0.6 is 0 Å². The highest BCUT2D eigenvalue weighted by atomic mass is 16.3. The van der Waals surface area contributed by atoms with Crippen LogP contribution in [0.2, 0.25) is 0 Å². The third-order valence-electron chi connectivity index (χ3n) is 11.9. The summed E-state index contributed by atoms with van der Waals surface area (Å²) in [5.41, 5.74) is 14.0. The summed E-state index contributed by atoms with van der Waals surface area (Å²) in [6.45, 7) is 0. The third-order valence-corrected chi connectivity index (χ3v) is 11.9. The maximum atomic E-state index is 6.67. The summed E-state index contributed by atoms with van der Waals surface area (Å²) in [6, 6.07) is 65.4. The van der Waals surface area contributed by atoms with E-state index in [0.717, 1.165) is 127 Å². The van der Waals surface area contributed by atoms with Gasteiger partial charge in [0.25, 0.3) is 0 Å². The van der Waals surface area contributed by atoms with Crippen LogP contribution in [0, 0.1) is 0 Å². The second kappa shape index (κ2) is 12.2. The van der Waals surface area contributed by atoms with Crippen LogP contribution in [0.1, 0.15) is 0 Å². The average molecular weight is 758 g/mol. The molecule has 0 amide bonds. The topological polar surface area (TPSA) is 55.8 Å². The van der Waals surface area contributed by atoms with Crippen LogP contribution in [-0.2, 0) is 0 Å². The molecule has 0 saturated carbocycles. The van der Waals surface area contributed by atoms with E-state index >= 15 is 0 Å². The van der Waals surface area contributed by atoms with E-state index in [4.69, 9.17) is 17.7 Å². The smallest absolute Gasteiger partial charge is 0.159 e. The van der Waals surface area contributed by atoms with Gasteiger partial charge in [-0.3, -0.25) is 0 Å². The van der Waals surface area contributed by atoms with Crippen molar-refractivity contribution in [1.82, 2.24) is 0 Å². The largest absolute Gasteiger partial charge is 0.456 e. The molecule has 4 aromatic heterocycles. The Kier molecular flexibility index (Phi) is 6.66. The van der Waals surface area contributed by atoms with E-state index in [0.29, 0.717) is 0 Å². The van der Waals surface area contributed by atoms with Gasteiger partial charge in [-0.15, -0.1) is 0 Å². The van der Waals surface area contributed by atoms with Crippen LogP contribution in [-0.4, -0.2) is 0 Å². The number of para-hydroxylation sites is 4. The normalized spacial score (nSPS) is 12.1. The van der Waals surface area contributed by atoms with Gasteiger partial charge in [-0.25, -0.2) is 0 Å². The molecular formula is C54H31NO4. The predicted molar refractivity (Wildman–Crippen MR) is 241 cm³/mol. The van der Waals surface area contributed by atoms with Gasteiger partial charge in [-0.05, 0) is 101 Å². The van der Waals surface area contributed by atoms with Gasteiger partial charge in [0.15, 0.2) is 5.58 Å². The number of rotatable bonds is 5. The second-order valence-electron chi connectivity index (χ2n) is 15.2. The van der Waals surface area contributed by atoms with Crippen molar-refractivity contribution in [2.75, 3.05) is 4.90 Å². The first kappa shape index (κ1) is 32.1. The predicted octanol–water partition coefficient (Wildman–Crippen LogP) is 16.1. The van der Waals surface area contributed by atoms with E-state index in [1.54, 1.807) is 0 Å². The summed E-state index contributed by atoms with van der Waals surface area (Å²) in [5, 5.41) is 8.58. The Hall–Kier alpha value is -8.02. The summed E-state index contributed by atoms with van der Waals surface area (Å²) in [6.07, 6.45) is 0. The zero-order valence-corrected chi connectivity index (χ0v) is 31.5. The number of furan rings is 4. The van der Waals surface area contributed by atoms with Crippen molar-refractivity contribution >= 4 is 105 Å². The summed E-state index contributed by atoms with van der Waals surface area (Å²) in [4.78, 5) is 2.30. The first-order chi connectivity index (χ1) is 29.2. The lowest BCUT2D eigenvalue weighted by Gasteiger charge is -2.26. The fourth-order valence-electron chi connectivity index (χ4n) is 9.18. The first-order valence-electron chi connectivity index (χ1n) is 19.8. The van der Waals surface area contributed by atoms with Gasteiger partial charge in [0, 0.05) is 49.1 Å². The molecule has 9 aromatic carbocycles. The summed E-state index contributed by atoms with van der Waals surface area (Å²) in [7, 11) is 0. The van der Waals surface area contributed by atoms with E-state index in [9.17, 15) is 0 Å². The molecule has 5 heteroatoms. The van der Waals surface area contributed by atoms with Gasteiger partial charge in [-0.2, -0.15) is 0 Å². The van der Waals surface area contributed by atoms with Gasteiger partial charge in [0.1, 0.15) is 39.1 Å². The lowest BCUT2D eigenvalue weighted by Crippen LogP contribution is -2.10. The minimum absolute atomic E-state index is 0.799. The van der Waals surface area contributed by atoms with E-state index in [1.807, 2.05) is 42.5 Å². The highest BCUT2D eigenvalue weighted by molar-refractivity contribution is 6.25. The fraction of sp³-hybridized carbons (Fsp3) is 0. The molecule has 0 aliphatic heterocycles. The SMILES string of the molecule is c1cc(-c2cccc3oc4ccc5c6ccccc6oc5c4c23)cc(N(c2ccc(-c3ccc4c(c3)oc3ccccc34)cc2)c2cccc3c2oc2ccccc23)c1. The van der Waals surface area contributed by atoms with Gasteiger partial charge < -0.3 is 22.6 Å². The van der Waals surface area contributed by atoms with Crippen molar-refractivity contribution in [2.45, 2.75) is 0 Å². The Morgan fingerprint density at radius 2 is 0.847 bits per heavy atom. The Morgan fingerprint density at radius 3 is 1.64 bits per heavy atom. The Labute approximate surface area is 336 Å². The van der Waals surface area contributed by atoms with Crippen molar-refractivity contribution in [2.24, 2.45) is 0 Å². The third kappa shape index (κ3) is 4.79. The average Bonchev–Trinajstić information content (AvgIpc) is 4.06. The van der Waals surface area contributed by atoms with Crippen molar-refractivity contribution in [3.8, 4) is 22.3 Å². The molecule has 0 radical (unpaired) electrons. The van der Waals surface area contributed by atoms with E-state index < -0.39 is 0 Å². The molecule has 0 spiro atoms. The number of hydrogen-bond donors (Lipinski definition) is 0. The van der Waals surface area contributed by atoms with E-state index in [1.165, 1.54) is 0 Å². The standard InChI is InChI=1S/C54H31NO4/c1-4-18-45-38(12-1)41-27-24-33(31-50(41)56-45)32-22-25-35(26-23-32)55(44-17-8-16-42-39-13-2-5-19-46(39)58-53(42)44)36-11-7-10-34(30-36)37-15-9-21-48-51(37)52-49(57-48)29-28-43-40-14-3-6-20-47(40)59-54(43)52/h1-31H. The van der Waals surface area contributed by atoms with Gasteiger partial charge >= 0.3 is 0 Å². The molecule has 0 unspecified atom stereocenters. The maximum absolute atomic E-state index is 6.67. The van der Waals surface area contributed by atoms with Crippen molar-refractivity contribution < 1.29 is 17.7 Å². The van der Waals surface area contributed by atoms with Gasteiger partial charge in [-0.1, -0.05) is 109 Å². The number of hydrogen-bond acceptors (Lipinski definition) is 5. The fourth-order valence-corrected chi connectivity index (χ4v) is 9.18. The van der Waals surface area contributed by atoms with Crippen LogP contribution in [0.25, 0.3) is 110 Å². The zero-order chi connectivity index (χ0) is 38.6. The summed E-state index contributed by atoms with van der Waals surface area (Å²) in [5.74, 6) is 0. The Balaban J connectivity index is 0.992. The minimum Gasteiger partial charge on any atom is -0.456 e. The Morgan fingerprint density at radius 1 is 0.288 bits per heavy atom. The lowest BCUT2D eigenvalue weighted by atomic mass is 9.97. The molecule has 276 valence electrons. The number of fused-ring (bicyclic) bond motifs is 13. The summed E-state index contributed by atoms with van der Waals surface area (Å²) < 4.78 is 26.0. The van der Waals surface area contributed by atoms with Crippen molar-refractivity contribution in [3.05, 3.63) is 188 Å². The lowest BCUT2D eigenvalue weighted by molar-refractivity contribution is 0.662. The molecule has 13 rings (SSSR count). The second-order valence-corrected chi connectivity index (χ2v) is 15.2. The van der Waals surface area contributed by atoms with Crippen molar-refractivity contribution in [3.63, 3.8) is 0 Å². The molecule has 5 nitrogen and oxygen atoms in total. The highest BCUT2D eigenvalue weighted by Crippen LogP contribution is 2.46. The molecule has 59 heavy (non-hydrogen) atoms. The van der Waals surface area contributed by atoms with Crippen LogP contribution in [0.3, 0.4) is 0 Å². The van der Waals surface area contributed by atoms with Crippen molar-refractivity contribution in [1.29, 1.82) is 0 Å². The van der Waals surface area contributed by atoms with Gasteiger partial charge in [0.2, 0.25) is 0 Å². The molecule has 0 atom stereocenters. The highest BCUT2D eigenvalue weighted by Gasteiger charge is 2.22. The minimum atomic E-state index is 0.799. The quantitative estimate of drug-likeness (QED) is 0.175. The van der Waals surface area contributed by atoms with Gasteiger partial charge in [0.05, 0.1) is 11.1 Å². The number of anilines is 3. The first-order valence-corrected chi connectivity index (χ1v) is 19.8. The molecule has 4 heterocycles. The monoisotopic (exact) mass is 757 g/mol. The summed E-state index contributed by atoms with van der Waals surface area (Å²) >= 11 is 0. The maximum Gasteiger partial charge on any atom is 0.159 e. The van der Waals surface area contributed by atoms with E-state index in [-0.39, 0.29) is 0 Å². The molecular weight excluding hydrogens is 727 g/mol. The van der Waals surface area contributed by atoms with Crippen LogP contribution in [0.15, 0.2) is 206 Å². The molecule has 0 aliphatic carbocycles. The molecule has 0 saturated heterocycles. The van der Waals surface area contributed by atoms with Crippen LogP contribution in [0.4, 0.5) is 17.1 Å². The molecule has 0 N–H and O–H groups in total. The number of nitrogens with zero attached hydrogens (tertiary/aromatic N) is 1. The van der Waals surface area contributed by atoms with E-state index in [2.05, 4.69) is 150 Å². The zero-order valence-electron chi connectivity index (χ0n) is 31.5. The Bertz CT molecular complexity index is 3800. The van der Waals surface area contributed by atoms with Crippen LogP contribution in [0.5, 0.6) is 0 Å². The molecule has 13 aromatic rings. The van der Waals surface area contributed by atoms with Crippen LogP contribution < -0.4 is 4.90 Å². The number of benzene rings is 9. The molecule has 0 fully saturated rings. The molecule has 0 aliphatic rings.